The number of hydrogen-bond donors (Lipinski definition) is 2. The highest BCUT2D eigenvalue weighted by atomic mass is 32.2. The molecule has 1 heterocycles. The van der Waals surface area contributed by atoms with Gasteiger partial charge in [-0.15, -0.1) is 11.8 Å². The lowest BCUT2D eigenvalue weighted by Crippen LogP contribution is -2.50. The molecular formula is C20H23N3O2S. The van der Waals surface area contributed by atoms with Crippen LogP contribution in [-0.2, 0) is 0 Å². The van der Waals surface area contributed by atoms with Gasteiger partial charge in [0.1, 0.15) is 0 Å². The number of amides is 3. The fraction of sp³-hybridized carbons (Fsp3) is 0.300. The number of piperidine rings is 1. The molecule has 3 rings (SSSR count). The van der Waals surface area contributed by atoms with Crippen LogP contribution in [0.5, 0.6) is 0 Å². The van der Waals surface area contributed by atoms with E-state index < -0.39 is 0 Å². The van der Waals surface area contributed by atoms with Crippen molar-refractivity contribution >= 4 is 29.4 Å². The van der Waals surface area contributed by atoms with E-state index in [1.54, 1.807) is 11.8 Å². The van der Waals surface area contributed by atoms with Gasteiger partial charge in [-0.05, 0) is 49.4 Å². The van der Waals surface area contributed by atoms with Crippen molar-refractivity contribution in [1.29, 1.82) is 0 Å². The fourth-order valence-corrected chi connectivity index (χ4v) is 3.56. The molecule has 136 valence electrons. The van der Waals surface area contributed by atoms with Crippen molar-refractivity contribution in [3.8, 4) is 0 Å². The Hall–Kier alpha value is -2.47. The standard InChI is InChI=1S/C20H23N3O2S/c1-26-18-11-5-9-16(13-18)21-20(25)22-17-10-6-12-23(14-17)19(24)15-7-3-2-4-8-15/h2-5,7-9,11,13,17H,6,10,12,14H2,1H3,(H2,21,22,25)/t17-/m1/s1. The molecule has 1 aliphatic rings. The summed E-state index contributed by atoms with van der Waals surface area (Å²) in [5.74, 6) is 0.0187. The first kappa shape index (κ1) is 18.3. The number of anilines is 1. The van der Waals surface area contributed by atoms with Gasteiger partial charge in [0.15, 0.2) is 0 Å². The molecule has 1 aliphatic heterocycles. The molecule has 2 aromatic carbocycles. The number of benzene rings is 2. The second-order valence-electron chi connectivity index (χ2n) is 6.29. The first-order chi connectivity index (χ1) is 12.7. The minimum absolute atomic E-state index is 0.0187. The van der Waals surface area contributed by atoms with Gasteiger partial charge in [0.05, 0.1) is 0 Å². The van der Waals surface area contributed by atoms with Crippen molar-refractivity contribution in [2.24, 2.45) is 0 Å². The zero-order valence-corrected chi connectivity index (χ0v) is 15.6. The number of thioether (sulfide) groups is 1. The third kappa shape index (κ3) is 4.79. The van der Waals surface area contributed by atoms with Gasteiger partial charge >= 0.3 is 6.03 Å². The summed E-state index contributed by atoms with van der Waals surface area (Å²) in [5, 5.41) is 5.86. The van der Waals surface area contributed by atoms with Crippen molar-refractivity contribution in [3.05, 3.63) is 60.2 Å². The van der Waals surface area contributed by atoms with Gasteiger partial charge in [0, 0.05) is 35.3 Å². The number of nitrogens with one attached hydrogen (secondary N) is 2. The van der Waals surface area contributed by atoms with Crippen LogP contribution >= 0.6 is 11.8 Å². The molecule has 1 atom stereocenters. The van der Waals surface area contributed by atoms with Crippen LogP contribution in [0, 0.1) is 0 Å². The molecule has 0 aliphatic carbocycles. The van der Waals surface area contributed by atoms with Crippen LogP contribution in [0.4, 0.5) is 10.5 Å². The number of likely N-dealkylation sites (tertiary alicyclic amines) is 1. The summed E-state index contributed by atoms with van der Waals surface area (Å²) in [6.45, 7) is 1.26. The molecule has 26 heavy (non-hydrogen) atoms. The van der Waals surface area contributed by atoms with Crippen LogP contribution in [0.25, 0.3) is 0 Å². The van der Waals surface area contributed by atoms with Crippen LogP contribution in [0.3, 0.4) is 0 Å². The molecule has 0 unspecified atom stereocenters. The minimum Gasteiger partial charge on any atom is -0.337 e. The number of urea groups is 1. The summed E-state index contributed by atoms with van der Waals surface area (Å²) < 4.78 is 0. The Labute approximate surface area is 158 Å². The fourth-order valence-electron chi connectivity index (χ4n) is 3.10. The molecule has 6 heteroatoms. The maximum Gasteiger partial charge on any atom is 0.319 e. The van der Waals surface area contributed by atoms with Gasteiger partial charge in [0.25, 0.3) is 5.91 Å². The second kappa shape index (κ2) is 8.76. The molecule has 0 radical (unpaired) electrons. The van der Waals surface area contributed by atoms with E-state index in [4.69, 9.17) is 0 Å². The Kier molecular flexibility index (Phi) is 6.17. The second-order valence-corrected chi connectivity index (χ2v) is 7.17. The van der Waals surface area contributed by atoms with Gasteiger partial charge in [-0.3, -0.25) is 4.79 Å². The van der Waals surface area contributed by atoms with E-state index in [9.17, 15) is 9.59 Å². The molecule has 0 spiro atoms. The van der Waals surface area contributed by atoms with Crippen molar-refractivity contribution < 1.29 is 9.59 Å². The third-order valence-electron chi connectivity index (χ3n) is 4.39. The molecule has 0 aromatic heterocycles. The molecule has 3 amide bonds. The van der Waals surface area contributed by atoms with E-state index in [2.05, 4.69) is 10.6 Å². The van der Waals surface area contributed by atoms with Gasteiger partial charge in [-0.2, -0.15) is 0 Å². The summed E-state index contributed by atoms with van der Waals surface area (Å²) in [6.07, 6.45) is 3.75. The highest BCUT2D eigenvalue weighted by Crippen LogP contribution is 2.19. The monoisotopic (exact) mass is 369 g/mol. The summed E-state index contributed by atoms with van der Waals surface area (Å²) in [4.78, 5) is 27.8. The van der Waals surface area contributed by atoms with Gasteiger partial charge in [0.2, 0.25) is 0 Å². The van der Waals surface area contributed by atoms with Crippen LogP contribution in [0.15, 0.2) is 59.5 Å². The Bertz CT molecular complexity index is 767. The zero-order chi connectivity index (χ0) is 18.4. The van der Waals surface area contributed by atoms with Crippen molar-refractivity contribution in [3.63, 3.8) is 0 Å². The summed E-state index contributed by atoms with van der Waals surface area (Å²) in [6, 6.07) is 16.7. The molecule has 2 N–H and O–H groups in total. The first-order valence-electron chi connectivity index (χ1n) is 8.71. The van der Waals surface area contributed by atoms with Gasteiger partial charge in [-0.1, -0.05) is 24.3 Å². The largest absolute Gasteiger partial charge is 0.337 e. The number of hydrogen-bond acceptors (Lipinski definition) is 3. The molecule has 1 fully saturated rings. The highest BCUT2D eigenvalue weighted by molar-refractivity contribution is 7.98. The zero-order valence-electron chi connectivity index (χ0n) is 14.8. The van der Waals surface area contributed by atoms with Crippen molar-refractivity contribution in [2.45, 2.75) is 23.8 Å². The normalized spacial score (nSPS) is 16.8. The molecule has 5 nitrogen and oxygen atoms in total. The van der Waals surface area contributed by atoms with E-state index in [1.165, 1.54) is 0 Å². The smallest absolute Gasteiger partial charge is 0.319 e. The SMILES string of the molecule is CSc1cccc(NC(=O)N[C@@H]2CCCN(C(=O)c3ccccc3)C2)c1. The highest BCUT2D eigenvalue weighted by Gasteiger charge is 2.25. The molecule has 2 aromatic rings. The topological polar surface area (TPSA) is 61.4 Å². The Morgan fingerprint density at radius 2 is 1.92 bits per heavy atom. The lowest BCUT2D eigenvalue weighted by Gasteiger charge is -2.33. The van der Waals surface area contributed by atoms with Gasteiger partial charge < -0.3 is 15.5 Å². The molecule has 0 saturated carbocycles. The van der Waals surface area contributed by atoms with E-state index in [0.29, 0.717) is 12.1 Å². The average molecular weight is 369 g/mol. The predicted molar refractivity (Wildman–Crippen MR) is 106 cm³/mol. The summed E-state index contributed by atoms with van der Waals surface area (Å²) in [5.41, 5.74) is 1.45. The predicted octanol–water partition coefficient (Wildman–Crippen LogP) is 3.83. The first-order valence-corrected chi connectivity index (χ1v) is 9.94. The average Bonchev–Trinajstić information content (AvgIpc) is 2.68. The molecular weight excluding hydrogens is 346 g/mol. The number of rotatable bonds is 4. The van der Waals surface area contributed by atoms with E-state index in [1.807, 2.05) is 65.8 Å². The quantitative estimate of drug-likeness (QED) is 0.805. The maximum absolute atomic E-state index is 12.6. The van der Waals surface area contributed by atoms with Crippen LogP contribution < -0.4 is 10.6 Å². The van der Waals surface area contributed by atoms with Gasteiger partial charge in [-0.25, -0.2) is 4.79 Å². The molecule has 0 bridgehead atoms. The Balaban J connectivity index is 1.56. The number of carbonyl (C=O) groups excluding carboxylic acids is 2. The summed E-state index contributed by atoms with van der Waals surface area (Å²) >= 11 is 1.63. The number of carbonyl (C=O) groups is 2. The van der Waals surface area contributed by atoms with Crippen molar-refractivity contribution in [2.75, 3.05) is 24.7 Å². The lowest BCUT2D eigenvalue weighted by atomic mass is 10.0. The molecule has 1 saturated heterocycles. The van der Waals surface area contributed by atoms with Crippen LogP contribution in [-0.4, -0.2) is 42.2 Å². The van der Waals surface area contributed by atoms with Crippen LogP contribution in [0.1, 0.15) is 23.2 Å². The maximum atomic E-state index is 12.6. The Morgan fingerprint density at radius 3 is 2.69 bits per heavy atom. The third-order valence-corrected chi connectivity index (χ3v) is 5.12. The lowest BCUT2D eigenvalue weighted by molar-refractivity contribution is 0.0698. The number of nitrogens with zero attached hydrogens (tertiary/aromatic N) is 1. The Morgan fingerprint density at radius 1 is 1.12 bits per heavy atom. The minimum atomic E-state index is -0.234. The summed E-state index contributed by atoms with van der Waals surface area (Å²) in [7, 11) is 0. The van der Waals surface area contributed by atoms with E-state index >= 15 is 0 Å². The van der Waals surface area contributed by atoms with E-state index in [0.717, 1.165) is 30.0 Å². The van der Waals surface area contributed by atoms with Crippen LogP contribution in [0.2, 0.25) is 0 Å². The van der Waals surface area contributed by atoms with E-state index in [-0.39, 0.29) is 18.0 Å². The van der Waals surface area contributed by atoms with Crippen molar-refractivity contribution in [1.82, 2.24) is 10.2 Å².